The zero-order valence-electron chi connectivity index (χ0n) is 14.5. The van der Waals surface area contributed by atoms with Crippen molar-refractivity contribution in [1.82, 2.24) is 9.80 Å². The molecule has 0 N–H and O–H groups in total. The van der Waals surface area contributed by atoms with Gasteiger partial charge in [0.15, 0.2) is 0 Å². The van der Waals surface area contributed by atoms with Crippen molar-refractivity contribution in [2.24, 2.45) is 5.92 Å². The number of piperidine rings is 2. The molecule has 0 bridgehead atoms. The molecule has 0 spiro atoms. The van der Waals surface area contributed by atoms with E-state index in [1.54, 1.807) is 12.1 Å². The SMILES string of the molecule is N#CCN1CCC(CN2CCC(Oc3ccc(Cl)c(Cl)c3)CC2)CC1. The summed E-state index contributed by atoms with van der Waals surface area (Å²) in [7, 11) is 0. The fourth-order valence-electron chi connectivity index (χ4n) is 3.74. The van der Waals surface area contributed by atoms with Crippen molar-refractivity contribution in [2.75, 3.05) is 39.3 Å². The van der Waals surface area contributed by atoms with Crippen molar-refractivity contribution in [1.29, 1.82) is 5.26 Å². The van der Waals surface area contributed by atoms with Gasteiger partial charge < -0.3 is 9.64 Å². The number of benzene rings is 1. The highest BCUT2D eigenvalue weighted by atomic mass is 35.5. The summed E-state index contributed by atoms with van der Waals surface area (Å²) in [4.78, 5) is 4.83. The Morgan fingerprint density at radius 1 is 1.00 bits per heavy atom. The molecule has 6 heteroatoms. The molecular formula is C19H25Cl2N3O. The fourth-order valence-corrected chi connectivity index (χ4v) is 4.03. The van der Waals surface area contributed by atoms with Crippen LogP contribution >= 0.6 is 23.2 Å². The van der Waals surface area contributed by atoms with Gasteiger partial charge in [-0.2, -0.15) is 5.26 Å². The normalized spacial score (nSPS) is 21.2. The standard InChI is InChI=1S/C19H25Cl2N3O/c20-18-2-1-17(13-19(18)21)25-16-5-10-24(11-6-16)14-15-3-8-23(9-4-15)12-7-22/h1-2,13,15-16H,3-6,8-12,14H2. The van der Waals surface area contributed by atoms with Crippen LogP contribution in [0.5, 0.6) is 5.75 Å². The van der Waals surface area contributed by atoms with Crippen molar-refractivity contribution in [2.45, 2.75) is 31.8 Å². The van der Waals surface area contributed by atoms with Crippen molar-refractivity contribution in [3.05, 3.63) is 28.2 Å². The quantitative estimate of drug-likeness (QED) is 0.720. The molecule has 0 unspecified atom stereocenters. The van der Waals surface area contributed by atoms with Crippen LogP contribution in [0.4, 0.5) is 0 Å². The molecule has 0 atom stereocenters. The fraction of sp³-hybridized carbons (Fsp3) is 0.632. The van der Waals surface area contributed by atoms with Gasteiger partial charge in [-0.25, -0.2) is 0 Å². The van der Waals surface area contributed by atoms with E-state index in [0.29, 0.717) is 16.6 Å². The number of likely N-dealkylation sites (tertiary alicyclic amines) is 2. The van der Waals surface area contributed by atoms with Gasteiger partial charge in [0.2, 0.25) is 0 Å². The van der Waals surface area contributed by atoms with Crippen molar-refractivity contribution < 1.29 is 4.74 Å². The van der Waals surface area contributed by atoms with E-state index < -0.39 is 0 Å². The Bertz CT molecular complexity index is 603. The molecule has 2 aliphatic rings. The first-order valence-corrected chi connectivity index (χ1v) is 9.83. The summed E-state index contributed by atoms with van der Waals surface area (Å²) in [5.74, 6) is 1.57. The highest BCUT2D eigenvalue weighted by molar-refractivity contribution is 6.42. The lowest BCUT2D eigenvalue weighted by Crippen LogP contribution is -2.43. The van der Waals surface area contributed by atoms with Gasteiger partial charge in [-0.1, -0.05) is 23.2 Å². The second-order valence-electron chi connectivity index (χ2n) is 7.07. The Kier molecular flexibility index (Phi) is 6.84. The predicted molar refractivity (Wildman–Crippen MR) is 101 cm³/mol. The van der Waals surface area contributed by atoms with E-state index in [0.717, 1.165) is 50.7 Å². The highest BCUT2D eigenvalue weighted by Crippen LogP contribution is 2.28. The summed E-state index contributed by atoms with van der Waals surface area (Å²) in [5, 5.41) is 9.88. The average molecular weight is 382 g/mol. The van der Waals surface area contributed by atoms with Crippen molar-refractivity contribution >= 4 is 23.2 Å². The van der Waals surface area contributed by atoms with Crippen molar-refractivity contribution in [3.8, 4) is 11.8 Å². The second-order valence-corrected chi connectivity index (χ2v) is 7.89. The van der Waals surface area contributed by atoms with Crippen LogP contribution in [-0.4, -0.2) is 55.2 Å². The number of nitrogens with zero attached hydrogens (tertiary/aromatic N) is 3. The molecule has 0 aliphatic carbocycles. The lowest BCUT2D eigenvalue weighted by atomic mass is 9.95. The Hall–Kier alpha value is -0.990. The third-order valence-electron chi connectivity index (χ3n) is 5.25. The Morgan fingerprint density at radius 2 is 1.68 bits per heavy atom. The number of hydrogen-bond donors (Lipinski definition) is 0. The van der Waals surface area contributed by atoms with Gasteiger partial charge in [0.05, 0.1) is 22.7 Å². The number of halogens is 2. The van der Waals surface area contributed by atoms with E-state index in [9.17, 15) is 0 Å². The van der Waals surface area contributed by atoms with Gasteiger partial charge in [0.1, 0.15) is 11.9 Å². The monoisotopic (exact) mass is 381 g/mol. The number of ether oxygens (including phenoxy) is 1. The molecule has 0 aromatic heterocycles. The number of nitriles is 1. The van der Waals surface area contributed by atoms with Crippen LogP contribution in [0.2, 0.25) is 10.0 Å². The first-order chi connectivity index (χ1) is 12.1. The Morgan fingerprint density at radius 3 is 2.32 bits per heavy atom. The molecule has 3 rings (SSSR count). The average Bonchev–Trinajstić information content (AvgIpc) is 2.62. The maximum Gasteiger partial charge on any atom is 0.121 e. The van der Waals surface area contributed by atoms with Gasteiger partial charge >= 0.3 is 0 Å². The molecule has 25 heavy (non-hydrogen) atoms. The molecule has 2 fully saturated rings. The van der Waals surface area contributed by atoms with Gasteiger partial charge in [0, 0.05) is 25.7 Å². The first kappa shape index (κ1) is 18.8. The van der Waals surface area contributed by atoms with Crippen LogP contribution in [0.25, 0.3) is 0 Å². The molecule has 4 nitrogen and oxygen atoms in total. The minimum atomic E-state index is 0.256. The molecular weight excluding hydrogens is 357 g/mol. The van der Waals surface area contributed by atoms with E-state index in [2.05, 4.69) is 15.9 Å². The lowest BCUT2D eigenvalue weighted by molar-refractivity contribution is 0.0797. The number of hydrogen-bond acceptors (Lipinski definition) is 4. The Labute approximate surface area is 160 Å². The number of rotatable bonds is 5. The maximum absolute atomic E-state index is 8.78. The zero-order valence-corrected chi connectivity index (χ0v) is 16.0. The molecule has 2 saturated heterocycles. The van der Waals surface area contributed by atoms with Gasteiger partial charge in [-0.15, -0.1) is 0 Å². The smallest absolute Gasteiger partial charge is 0.121 e. The summed E-state index contributed by atoms with van der Waals surface area (Å²) in [6, 6.07) is 7.72. The van der Waals surface area contributed by atoms with Crippen LogP contribution < -0.4 is 4.74 Å². The van der Waals surface area contributed by atoms with Gasteiger partial charge in [0.25, 0.3) is 0 Å². The lowest BCUT2D eigenvalue weighted by Gasteiger charge is -2.37. The van der Waals surface area contributed by atoms with Crippen LogP contribution in [0, 0.1) is 17.2 Å². The summed E-state index contributed by atoms with van der Waals surface area (Å²) >= 11 is 12.0. The molecule has 2 heterocycles. The molecule has 1 aromatic rings. The topological polar surface area (TPSA) is 39.5 Å². The van der Waals surface area contributed by atoms with Crippen LogP contribution in [0.3, 0.4) is 0 Å². The van der Waals surface area contributed by atoms with E-state index in [-0.39, 0.29) is 6.10 Å². The third-order valence-corrected chi connectivity index (χ3v) is 5.99. The van der Waals surface area contributed by atoms with Crippen molar-refractivity contribution in [3.63, 3.8) is 0 Å². The molecule has 0 amide bonds. The second kappa shape index (κ2) is 9.09. The van der Waals surface area contributed by atoms with Crippen LogP contribution in [-0.2, 0) is 0 Å². The van der Waals surface area contributed by atoms with Crippen LogP contribution in [0.1, 0.15) is 25.7 Å². The van der Waals surface area contributed by atoms with Gasteiger partial charge in [-0.05, 0) is 56.8 Å². The Balaban J connectivity index is 1.39. The van der Waals surface area contributed by atoms with E-state index in [4.69, 9.17) is 33.2 Å². The largest absolute Gasteiger partial charge is 0.490 e. The molecule has 1 aromatic carbocycles. The summed E-state index contributed by atoms with van der Waals surface area (Å²) in [5.41, 5.74) is 0. The molecule has 0 saturated carbocycles. The zero-order chi connectivity index (χ0) is 17.6. The predicted octanol–water partition coefficient (Wildman–Crippen LogP) is 4.07. The molecule has 136 valence electrons. The van der Waals surface area contributed by atoms with E-state index >= 15 is 0 Å². The first-order valence-electron chi connectivity index (χ1n) is 9.07. The third kappa shape index (κ3) is 5.49. The molecule has 0 radical (unpaired) electrons. The van der Waals surface area contributed by atoms with Crippen LogP contribution in [0.15, 0.2) is 18.2 Å². The van der Waals surface area contributed by atoms with E-state index in [1.807, 2.05) is 6.07 Å². The molecule has 2 aliphatic heterocycles. The maximum atomic E-state index is 8.78. The highest BCUT2D eigenvalue weighted by Gasteiger charge is 2.25. The minimum absolute atomic E-state index is 0.256. The summed E-state index contributed by atoms with van der Waals surface area (Å²) < 4.78 is 6.06. The van der Waals surface area contributed by atoms with Gasteiger partial charge in [-0.3, -0.25) is 4.90 Å². The summed E-state index contributed by atoms with van der Waals surface area (Å²) in [6.45, 7) is 6.06. The van der Waals surface area contributed by atoms with E-state index in [1.165, 1.54) is 19.4 Å². The minimum Gasteiger partial charge on any atom is -0.490 e. The summed E-state index contributed by atoms with van der Waals surface area (Å²) in [6.07, 6.45) is 4.77.